The average Bonchev–Trinajstić information content (AvgIpc) is 2.18. The molecule has 0 radical (unpaired) electrons. The van der Waals surface area contributed by atoms with Crippen molar-refractivity contribution in [2.45, 2.75) is 13.5 Å². The van der Waals surface area contributed by atoms with Gasteiger partial charge in [0.15, 0.2) is 0 Å². The lowest BCUT2D eigenvalue weighted by molar-refractivity contribution is -0.140. The van der Waals surface area contributed by atoms with E-state index < -0.39 is 17.6 Å². The summed E-state index contributed by atoms with van der Waals surface area (Å²) in [6, 6.07) is 2.97. The number of halogens is 2. The van der Waals surface area contributed by atoms with Gasteiger partial charge in [-0.3, -0.25) is 0 Å². The molecule has 80 valence electrons. The minimum atomic E-state index is -0.626. The summed E-state index contributed by atoms with van der Waals surface area (Å²) in [6.45, 7) is 4.55. The van der Waals surface area contributed by atoms with Gasteiger partial charge in [0.2, 0.25) is 0 Å². The van der Waals surface area contributed by atoms with E-state index in [-0.39, 0.29) is 17.7 Å². The molecule has 0 amide bonds. The van der Waals surface area contributed by atoms with E-state index in [1.165, 1.54) is 6.92 Å². The van der Waals surface area contributed by atoms with E-state index in [0.29, 0.717) is 0 Å². The largest absolute Gasteiger partial charge is 0.457 e. The van der Waals surface area contributed by atoms with Gasteiger partial charge in [-0.25, -0.2) is 13.6 Å². The molecular weight excluding hydrogens is 202 g/mol. The third-order valence-electron chi connectivity index (χ3n) is 1.71. The van der Waals surface area contributed by atoms with Crippen LogP contribution in [-0.2, 0) is 16.1 Å². The van der Waals surface area contributed by atoms with Crippen molar-refractivity contribution in [2.75, 3.05) is 0 Å². The molecule has 0 saturated carbocycles. The maximum absolute atomic E-state index is 13.0. The summed E-state index contributed by atoms with van der Waals surface area (Å²) in [6.07, 6.45) is 0. The molecule has 0 N–H and O–H groups in total. The molecule has 0 atom stereocenters. The van der Waals surface area contributed by atoms with Gasteiger partial charge in [-0.15, -0.1) is 0 Å². The number of ether oxygens (including phenoxy) is 1. The fourth-order valence-electron chi connectivity index (χ4n) is 0.920. The molecule has 2 nitrogen and oxygen atoms in total. The van der Waals surface area contributed by atoms with Crippen molar-refractivity contribution in [2.24, 2.45) is 0 Å². The van der Waals surface area contributed by atoms with Crippen LogP contribution >= 0.6 is 0 Å². The van der Waals surface area contributed by atoms with Crippen LogP contribution in [0.15, 0.2) is 30.4 Å². The van der Waals surface area contributed by atoms with Gasteiger partial charge in [0.25, 0.3) is 0 Å². The number of rotatable bonds is 3. The molecule has 0 aromatic heterocycles. The molecule has 4 heteroatoms. The lowest BCUT2D eigenvalue weighted by Gasteiger charge is -2.05. The Bertz CT molecular complexity index is 400. The minimum absolute atomic E-state index is 0.00426. The molecule has 1 aromatic rings. The Hall–Kier alpha value is -1.71. The number of benzene rings is 1. The summed E-state index contributed by atoms with van der Waals surface area (Å²) in [4.78, 5) is 11.0. The Morgan fingerprint density at radius 2 is 2.13 bits per heavy atom. The van der Waals surface area contributed by atoms with Crippen molar-refractivity contribution < 1.29 is 18.3 Å². The molecule has 0 saturated heterocycles. The number of hydrogen-bond acceptors (Lipinski definition) is 2. The second kappa shape index (κ2) is 4.68. The number of esters is 1. The smallest absolute Gasteiger partial charge is 0.333 e. The molecule has 0 heterocycles. The van der Waals surface area contributed by atoms with Crippen LogP contribution < -0.4 is 0 Å². The quantitative estimate of drug-likeness (QED) is 0.568. The SMILES string of the molecule is C=C(C)C(=O)OCc1cc(F)ccc1F. The molecule has 0 unspecified atom stereocenters. The summed E-state index contributed by atoms with van der Waals surface area (Å²) >= 11 is 0. The van der Waals surface area contributed by atoms with Gasteiger partial charge in [-0.2, -0.15) is 0 Å². The molecule has 1 aromatic carbocycles. The number of carbonyl (C=O) groups excluding carboxylic acids is 1. The van der Waals surface area contributed by atoms with Gasteiger partial charge in [0.1, 0.15) is 18.2 Å². The van der Waals surface area contributed by atoms with Crippen LogP contribution in [0.25, 0.3) is 0 Å². The zero-order valence-corrected chi connectivity index (χ0v) is 8.22. The fourth-order valence-corrected chi connectivity index (χ4v) is 0.920. The maximum atomic E-state index is 13.0. The average molecular weight is 212 g/mol. The first-order valence-corrected chi connectivity index (χ1v) is 4.27. The highest BCUT2D eigenvalue weighted by Gasteiger charge is 2.08. The van der Waals surface area contributed by atoms with E-state index in [1.807, 2.05) is 0 Å². The Morgan fingerprint density at radius 1 is 1.47 bits per heavy atom. The number of carbonyl (C=O) groups is 1. The van der Waals surface area contributed by atoms with Crippen LogP contribution in [0.5, 0.6) is 0 Å². The van der Waals surface area contributed by atoms with Gasteiger partial charge in [0.05, 0.1) is 0 Å². The molecule has 0 aliphatic heterocycles. The third kappa shape index (κ3) is 3.16. The van der Waals surface area contributed by atoms with E-state index >= 15 is 0 Å². The summed E-state index contributed by atoms with van der Waals surface area (Å²) in [5.74, 6) is -1.80. The predicted molar refractivity (Wildman–Crippen MR) is 51.0 cm³/mol. The highest BCUT2D eigenvalue weighted by molar-refractivity contribution is 5.86. The maximum Gasteiger partial charge on any atom is 0.333 e. The van der Waals surface area contributed by atoms with Crippen LogP contribution in [0.1, 0.15) is 12.5 Å². The molecule has 0 aliphatic rings. The van der Waals surface area contributed by atoms with Crippen LogP contribution in [0.4, 0.5) is 8.78 Å². The van der Waals surface area contributed by atoms with Crippen molar-refractivity contribution in [3.05, 3.63) is 47.5 Å². The lowest BCUT2D eigenvalue weighted by Crippen LogP contribution is -2.06. The van der Waals surface area contributed by atoms with E-state index in [9.17, 15) is 13.6 Å². The van der Waals surface area contributed by atoms with Crippen molar-refractivity contribution >= 4 is 5.97 Å². The summed E-state index contributed by atoms with van der Waals surface area (Å²) in [5, 5.41) is 0. The van der Waals surface area contributed by atoms with Crippen LogP contribution in [0.3, 0.4) is 0 Å². The highest BCUT2D eigenvalue weighted by Crippen LogP contribution is 2.11. The first-order valence-electron chi connectivity index (χ1n) is 4.27. The Labute approximate surface area is 86.2 Å². The summed E-state index contributed by atoms with van der Waals surface area (Å²) in [7, 11) is 0. The summed E-state index contributed by atoms with van der Waals surface area (Å²) in [5.41, 5.74) is 0.219. The van der Waals surface area contributed by atoms with Crippen LogP contribution in [0, 0.1) is 11.6 Å². The van der Waals surface area contributed by atoms with Crippen molar-refractivity contribution in [3.63, 3.8) is 0 Å². The summed E-state index contributed by atoms with van der Waals surface area (Å²) < 4.78 is 30.4. The molecule has 0 aliphatic carbocycles. The molecule has 15 heavy (non-hydrogen) atoms. The third-order valence-corrected chi connectivity index (χ3v) is 1.71. The second-order valence-corrected chi connectivity index (χ2v) is 3.09. The fraction of sp³-hybridized carbons (Fsp3) is 0.182. The van der Waals surface area contributed by atoms with E-state index in [4.69, 9.17) is 0 Å². The molecule has 0 fully saturated rings. The van der Waals surface area contributed by atoms with Crippen molar-refractivity contribution in [1.82, 2.24) is 0 Å². The molecule has 0 bridgehead atoms. The van der Waals surface area contributed by atoms with Crippen LogP contribution in [-0.4, -0.2) is 5.97 Å². The molecule has 0 spiro atoms. The Balaban J connectivity index is 2.69. The second-order valence-electron chi connectivity index (χ2n) is 3.09. The van der Waals surface area contributed by atoms with E-state index in [0.717, 1.165) is 18.2 Å². The van der Waals surface area contributed by atoms with Gasteiger partial charge < -0.3 is 4.74 Å². The lowest BCUT2D eigenvalue weighted by atomic mass is 10.2. The van der Waals surface area contributed by atoms with E-state index in [1.54, 1.807) is 0 Å². The van der Waals surface area contributed by atoms with E-state index in [2.05, 4.69) is 11.3 Å². The zero-order valence-electron chi connectivity index (χ0n) is 8.22. The predicted octanol–water partition coefficient (Wildman–Crippen LogP) is 2.58. The first-order chi connectivity index (χ1) is 7.00. The highest BCUT2D eigenvalue weighted by atomic mass is 19.1. The monoisotopic (exact) mass is 212 g/mol. The van der Waals surface area contributed by atoms with Gasteiger partial charge >= 0.3 is 5.97 Å². The zero-order chi connectivity index (χ0) is 11.4. The molecular formula is C11H10F2O2. The van der Waals surface area contributed by atoms with Gasteiger partial charge in [-0.05, 0) is 25.1 Å². The normalized spacial score (nSPS) is 9.80. The minimum Gasteiger partial charge on any atom is -0.457 e. The number of hydrogen-bond donors (Lipinski definition) is 0. The van der Waals surface area contributed by atoms with Crippen LogP contribution in [0.2, 0.25) is 0 Å². The topological polar surface area (TPSA) is 26.3 Å². The van der Waals surface area contributed by atoms with Crippen molar-refractivity contribution in [1.29, 1.82) is 0 Å². The molecule has 1 rings (SSSR count). The van der Waals surface area contributed by atoms with Crippen molar-refractivity contribution in [3.8, 4) is 0 Å². The Kier molecular flexibility index (Phi) is 3.55. The Morgan fingerprint density at radius 3 is 2.73 bits per heavy atom. The van der Waals surface area contributed by atoms with Gasteiger partial charge in [0, 0.05) is 11.1 Å². The first kappa shape index (κ1) is 11.4. The standard InChI is InChI=1S/C11H10F2O2/c1-7(2)11(14)15-6-8-5-9(12)3-4-10(8)13/h3-5H,1,6H2,2H3. The van der Waals surface area contributed by atoms with Gasteiger partial charge in [-0.1, -0.05) is 6.58 Å².